The summed E-state index contributed by atoms with van der Waals surface area (Å²) in [5, 5.41) is 12.3. The SMILES string of the molecule is CCN1CCN(C(c2ccccc2F)c2nnnn2Cc2ccc(F)cc2)CC1. The topological polar surface area (TPSA) is 50.1 Å². The van der Waals surface area contributed by atoms with Gasteiger partial charge in [-0.15, -0.1) is 5.10 Å². The van der Waals surface area contributed by atoms with Crippen molar-refractivity contribution in [2.45, 2.75) is 19.5 Å². The van der Waals surface area contributed by atoms with Gasteiger partial charge in [0.15, 0.2) is 5.82 Å². The lowest BCUT2D eigenvalue weighted by Crippen LogP contribution is -2.48. The Labute approximate surface area is 168 Å². The number of hydrogen-bond acceptors (Lipinski definition) is 5. The van der Waals surface area contributed by atoms with E-state index in [1.165, 1.54) is 18.2 Å². The Morgan fingerprint density at radius 2 is 1.69 bits per heavy atom. The molecule has 1 fully saturated rings. The summed E-state index contributed by atoms with van der Waals surface area (Å²) in [4.78, 5) is 4.60. The van der Waals surface area contributed by atoms with Gasteiger partial charge in [0.25, 0.3) is 0 Å². The molecule has 8 heteroatoms. The summed E-state index contributed by atoms with van der Waals surface area (Å²) in [5.74, 6) is 0.0276. The van der Waals surface area contributed by atoms with Crippen molar-refractivity contribution < 1.29 is 8.78 Å². The fraction of sp³-hybridized carbons (Fsp3) is 0.381. The normalized spacial score (nSPS) is 16.8. The zero-order valence-corrected chi connectivity index (χ0v) is 16.4. The first kappa shape index (κ1) is 19.6. The lowest BCUT2D eigenvalue weighted by molar-refractivity contribution is 0.107. The smallest absolute Gasteiger partial charge is 0.173 e. The van der Waals surface area contributed by atoms with Crippen molar-refractivity contribution in [1.82, 2.24) is 30.0 Å². The quantitative estimate of drug-likeness (QED) is 0.639. The fourth-order valence-corrected chi connectivity index (χ4v) is 3.82. The molecule has 0 saturated carbocycles. The summed E-state index contributed by atoms with van der Waals surface area (Å²) >= 11 is 0. The molecule has 1 saturated heterocycles. The van der Waals surface area contributed by atoms with E-state index in [4.69, 9.17) is 0 Å². The van der Waals surface area contributed by atoms with Crippen LogP contribution in [0.2, 0.25) is 0 Å². The third-order valence-electron chi connectivity index (χ3n) is 5.47. The first-order valence-corrected chi connectivity index (χ1v) is 9.87. The van der Waals surface area contributed by atoms with E-state index in [1.807, 2.05) is 6.07 Å². The van der Waals surface area contributed by atoms with Gasteiger partial charge in [-0.3, -0.25) is 4.90 Å². The van der Waals surface area contributed by atoms with Gasteiger partial charge in [-0.05, 0) is 40.7 Å². The monoisotopic (exact) mass is 398 g/mol. The summed E-state index contributed by atoms with van der Waals surface area (Å²) in [6.07, 6.45) is 0. The molecule has 152 valence electrons. The molecule has 1 atom stereocenters. The van der Waals surface area contributed by atoms with Crippen molar-refractivity contribution in [3.63, 3.8) is 0 Å². The molecule has 1 unspecified atom stereocenters. The number of nitrogens with zero attached hydrogens (tertiary/aromatic N) is 6. The minimum absolute atomic E-state index is 0.272. The number of likely N-dealkylation sites (N-methyl/N-ethyl adjacent to an activating group) is 1. The summed E-state index contributed by atoms with van der Waals surface area (Å²) in [5.41, 5.74) is 1.44. The molecule has 2 aromatic carbocycles. The second kappa shape index (κ2) is 8.75. The van der Waals surface area contributed by atoms with Gasteiger partial charge < -0.3 is 4.90 Å². The maximum absolute atomic E-state index is 14.8. The predicted molar refractivity (Wildman–Crippen MR) is 105 cm³/mol. The second-order valence-corrected chi connectivity index (χ2v) is 7.22. The molecule has 1 aromatic heterocycles. The highest BCUT2D eigenvalue weighted by molar-refractivity contribution is 5.27. The van der Waals surface area contributed by atoms with E-state index >= 15 is 0 Å². The lowest BCUT2D eigenvalue weighted by atomic mass is 10.0. The summed E-state index contributed by atoms with van der Waals surface area (Å²) in [6, 6.07) is 12.6. The molecule has 0 bridgehead atoms. The van der Waals surface area contributed by atoms with Crippen molar-refractivity contribution in [3.8, 4) is 0 Å². The molecule has 1 aliphatic heterocycles. The average Bonchev–Trinajstić information content (AvgIpc) is 3.19. The van der Waals surface area contributed by atoms with Gasteiger partial charge in [0.05, 0.1) is 6.54 Å². The Kier molecular flexibility index (Phi) is 5.92. The maximum Gasteiger partial charge on any atom is 0.173 e. The predicted octanol–water partition coefficient (Wildman–Crippen LogP) is 2.73. The fourth-order valence-electron chi connectivity index (χ4n) is 3.82. The molecule has 0 spiro atoms. The van der Waals surface area contributed by atoms with Crippen LogP contribution in [0.15, 0.2) is 48.5 Å². The Bertz CT molecular complexity index is 934. The van der Waals surface area contributed by atoms with E-state index in [0.717, 1.165) is 38.3 Å². The molecular formula is C21H24F2N6. The van der Waals surface area contributed by atoms with E-state index in [0.29, 0.717) is 17.9 Å². The van der Waals surface area contributed by atoms with Gasteiger partial charge in [-0.2, -0.15) is 0 Å². The highest BCUT2D eigenvalue weighted by Crippen LogP contribution is 2.30. The number of piperazine rings is 1. The summed E-state index contributed by atoms with van der Waals surface area (Å²) < 4.78 is 29.7. The van der Waals surface area contributed by atoms with Crippen LogP contribution in [0.25, 0.3) is 0 Å². The van der Waals surface area contributed by atoms with Crippen LogP contribution in [0.3, 0.4) is 0 Å². The van der Waals surface area contributed by atoms with E-state index < -0.39 is 0 Å². The van der Waals surface area contributed by atoms with Crippen LogP contribution in [0.4, 0.5) is 8.78 Å². The van der Waals surface area contributed by atoms with E-state index in [-0.39, 0.29) is 17.7 Å². The number of hydrogen-bond donors (Lipinski definition) is 0. The lowest BCUT2D eigenvalue weighted by Gasteiger charge is -2.38. The van der Waals surface area contributed by atoms with Crippen molar-refractivity contribution >= 4 is 0 Å². The molecule has 0 amide bonds. The van der Waals surface area contributed by atoms with Gasteiger partial charge >= 0.3 is 0 Å². The minimum atomic E-state index is -0.384. The average molecular weight is 398 g/mol. The number of tetrazole rings is 1. The van der Waals surface area contributed by atoms with Crippen LogP contribution in [0.1, 0.15) is 29.9 Å². The third kappa shape index (κ3) is 4.33. The van der Waals surface area contributed by atoms with E-state index in [9.17, 15) is 8.78 Å². The van der Waals surface area contributed by atoms with Gasteiger partial charge in [-0.25, -0.2) is 13.5 Å². The number of aromatic nitrogens is 4. The van der Waals surface area contributed by atoms with Crippen LogP contribution in [0, 0.1) is 11.6 Å². The molecule has 29 heavy (non-hydrogen) atoms. The van der Waals surface area contributed by atoms with Gasteiger partial charge in [-0.1, -0.05) is 37.3 Å². The number of halogens is 2. The van der Waals surface area contributed by atoms with Crippen molar-refractivity contribution in [2.24, 2.45) is 0 Å². The first-order valence-electron chi connectivity index (χ1n) is 9.87. The van der Waals surface area contributed by atoms with Crippen LogP contribution >= 0.6 is 0 Å². The van der Waals surface area contributed by atoms with Crippen LogP contribution < -0.4 is 0 Å². The minimum Gasteiger partial charge on any atom is -0.301 e. The summed E-state index contributed by atoms with van der Waals surface area (Å²) in [6.45, 7) is 6.98. The highest BCUT2D eigenvalue weighted by Gasteiger charge is 2.32. The Morgan fingerprint density at radius 1 is 0.966 bits per heavy atom. The first-order chi connectivity index (χ1) is 14.2. The molecule has 0 radical (unpaired) electrons. The molecule has 4 rings (SSSR count). The molecular weight excluding hydrogens is 374 g/mol. The largest absolute Gasteiger partial charge is 0.301 e. The molecule has 3 aromatic rings. The Balaban J connectivity index is 1.68. The van der Waals surface area contributed by atoms with Crippen LogP contribution in [0.5, 0.6) is 0 Å². The van der Waals surface area contributed by atoms with Gasteiger partial charge in [0, 0.05) is 31.7 Å². The Hall–Kier alpha value is -2.71. The molecule has 2 heterocycles. The molecule has 0 aliphatic carbocycles. The maximum atomic E-state index is 14.8. The van der Waals surface area contributed by atoms with E-state index in [2.05, 4.69) is 32.2 Å². The number of rotatable bonds is 6. The molecule has 0 N–H and O–H groups in total. The summed E-state index contributed by atoms with van der Waals surface area (Å²) in [7, 11) is 0. The zero-order valence-electron chi connectivity index (χ0n) is 16.4. The number of benzene rings is 2. The third-order valence-corrected chi connectivity index (χ3v) is 5.47. The van der Waals surface area contributed by atoms with Crippen LogP contribution in [-0.2, 0) is 6.54 Å². The van der Waals surface area contributed by atoms with Crippen molar-refractivity contribution in [2.75, 3.05) is 32.7 Å². The van der Waals surface area contributed by atoms with Crippen molar-refractivity contribution in [3.05, 3.63) is 77.1 Å². The molecule has 6 nitrogen and oxygen atoms in total. The Morgan fingerprint density at radius 3 is 2.38 bits per heavy atom. The zero-order chi connectivity index (χ0) is 20.2. The highest BCUT2D eigenvalue weighted by atomic mass is 19.1. The van der Waals surface area contributed by atoms with E-state index in [1.54, 1.807) is 28.9 Å². The van der Waals surface area contributed by atoms with Gasteiger partial charge in [0.1, 0.15) is 17.7 Å². The van der Waals surface area contributed by atoms with Gasteiger partial charge in [0.2, 0.25) is 0 Å². The molecule has 1 aliphatic rings. The second-order valence-electron chi connectivity index (χ2n) is 7.22. The van der Waals surface area contributed by atoms with Crippen LogP contribution in [-0.4, -0.2) is 62.7 Å². The standard InChI is InChI=1S/C21H24F2N6/c1-2-27-11-13-28(14-12-27)20(18-5-3-4-6-19(18)23)21-24-25-26-29(21)15-16-7-9-17(22)10-8-16/h3-10,20H,2,11-15H2,1H3. The van der Waals surface area contributed by atoms with Crippen molar-refractivity contribution in [1.29, 1.82) is 0 Å².